The zero-order chi connectivity index (χ0) is 18.1. The minimum atomic E-state index is -2.93. The fraction of sp³-hybridized carbons (Fsp3) is 0.333. The first-order valence-corrected chi connectivity index (χ1v) is 10.3. The van der Waals surface area contributed by atoms with Crippen LogP contribution in [0, 0.1) is 6.92 Å². The summed E-state index contributed by atoms with van der Waals surface area (Å²) >= 11 is 0. The van der Waals surface area contributed by atoms with Crippen LogP contribution in [0.2, 0.25) is 0 Å². The van der Waals surface area contributed by atoms with Gasteiger partial charge in [0.25, 0.3) is 0 Å². The standard InChI is InChI=1S/C18H19N5O2S/c1-13-12-16(4-9-20-13)23-18(15-5-10-26(24,25)11-6-15)21-17(22-23)14-2-7-19-8-3-14/h2-4,7-9,12,15H,5-6,10-11H2,1H3. The Morgan fingerprint density at radius 1 is 1.08 bits per heavy atom. The van der Waals surface area contributed by atoms with Crippen molar-refractivity contribution < 1.29 is 8.42 Å². The first kappa shape index (κ1) is 16.8. The molecule has 8 heteroatoms. The summed E-state index contributed by atoms with van der Waals surface area (Å²) in [7, 11) is -2.93. The van der Waals surface area contributed by atoms with Crippen LogP contribution in [0.4, 0.5) is 0 Å². The molecule has 26 heavy (non-hydrogen) atoms. The summed E-state index contributed by atoms with van der Waals surface area (Å²) in [4.78, 5) is 13.0. The molecule has 0 unspecified atom stereocenters. The molecule has 1 aliphatic heterocycles. The van der Waals surface area contributed by atoms with Gasteiger partial charge in [-0.3, -0.25) is 9.97 Å². The molecule has 0 atom stereocenters. The van der Waals surface area contributed by atoms with E-state index in [-0.39, 0.29) is 17.4 Å². The van der Waals surface area contributed by atoms with Crippen LogP contribution >= 0.6 is 0 Å². The number of rotatable bonds is 3. The second kappa shape index (κ2) is 6.60. The van der Waals surface area contributed by atoms with Gasteiger partial charge < -0.3 is 0 Å². The van der Waals surface area contributed by atoms with Crippen LogP contribution in [0.3, 0.4) is 0 Å². The molecule has 134 valence electrons. The molecule has 0 amide bonds. The Morgan fingerprint density at radius 3 is 2.50 bits per heavy atom. The number of aryl methyl sites for hydroxylation is 1. The van der Waals surface area contributed by atoms with Gasteiger partial charge in [-0.25, -0.2) is 18.1 Å². The van der Waals surface area contributed by atoms with Crippen molar-refractivity contribution in [1.82, 2.24) is 24.7 Å². The maximum Gasteiger partial charge on any atom is 0.181 e. The van der Waals surface area contributed by atoms with Crippen molar-refractivity contribution >= 4 is 9.84 Å². The topological polar surface area (TPSA) is 90.6 Å². The van der Waals surface area contributed by atoms with Gasteiger partial charge in [0.1, 0.15) is 15.7 Å². The van der Waals surface area contributed by atoms with E-state index in [1.165, 1.54) is 0 Å². The Bertz CT molecular complexity index is 1020. The number of hydrogen-bond acceptors (Lipinski definition) is 6. The molecule has 7 nitrogen and oxygen atoms in total. The minimum absolute atomic E-state index is 0.0649. The summed E-state index contributed by atoms with van der Waals surface area (Å²) < 4.78 is 25.4. The highest BCUT2D eigenvalue weighted by atomic mass is 32.2. The Morgan fingerprint density at radius 2 is 1.81 bits per heavy atom. The highest BCUT2D eigenvalue weighted by Crippen LogP contribution is 2.31. The van der Waals surface area contributed by atoms with Crippen LogP contribution < -0.4 is 0 Å². The summed E-state index contributed by atoms with van der Waals surface area (Å²) in [5, 5.41) is 4.70. The molecule has 3 aromatic rings. The molecule has 1 fully saturated rings. The van der Waals surface area contributed by atoms with Gasteiger partial charge in [0.15, 0.2) is 5.82 Å². The molecule has 0 saturated carbocycles. The van der Waals surface area contributed by atoms with Gasteiger partial charge in [0, 0.05) is 35.8 Å². The van der Waals surface area contributed by atoms with Gasteiger partial charge in [0.05, 0.1) is 17.2 Å². The van der Waals surface area contributed by atoms with Crippen LogP contribution in [-0.4, -0.2) is 44.7 Å². The highest BCUT2D eigenvalue weighted by molar-refractivity contribution is 7.91. The zero-order valence-electron chi connectivity index (χ0n) is 14.4. The maximum atomic E-state index is 11.8. The van der Waals surface area contributed by atoms with Gasteiger partial charge in [0.2, 0.25) is 0 Å². The smallest absolute Gasteiger partial charge is 0.181 e. The summed E-state index contributed by atoms with van der Waals surface area (Å²) in [5.74, 6) is 1.88. The third kappa shape index (κ3) is 3.37. The van der Waals surface area contributed by atoms with Crippen molar-refractivity contribution in [3.8, 4) is 17.1 Å². The van der Waals surface area contributed by atoms with Crippen molar-refractivity contribution in [1.29, 1.82) is 0 Å². The predicted molar refractivity (Wildman–Crippen MR) is 97.8 cm³/mol. The molecular formula is C18H19N5O2S. The van der Waals surface area contributed by atoms with Crippen LogP contribution in [0.5, 0.6) is 0 Å². The third-order valence-corrected chi connectivity index (χ3v) is 6.33. The average molecular weight is 369 g/mol. The Balaban J connectivity index is 1.79. The van der Waals surface area contributed by atoms with E-state index in [9.17, 15) is 8.42 Å². The number of hydrogen-bond donors (Lipinski definition) is 0. The molecule has 4 heterocycles. The molecule has 0 radical (unpaired) electrons. The Kier molecular flexibility index (Phi) is 4.28. The molecule has 1 aliphatic rings. The van der Waals surface area contributed by atoms with Crippen molar-refractivity contribution in [2.45, 2.75) is 25.7 Å². The summed E-state index contributed by atoms with van der Waals surface area (Å²) in [6.07, 6.45) is 6.30. The molecule has 0 aromatic carbocycles. The summed E-state index contributed by atoms with van der Waals surface area (Å²) in [5.41, 5.74) is 2.66. The molecule has 0 N–H and O–H groups in total. The van der Waals surface area contributed by atoms with Crippen LogP contribution in [0.15, 0.2) is 42.9 Å². The maximum absolute atomic E-state index is 11.8. The second-order valence-corrected chi connectivity index (χ2v) is 8.83. The SMILES string of the molecule is Cc1cc(-n2nc(-c3ccncc3)nc2C2CCS(=O)(=O)CC2)ccn1. The summed E-state index contributed by atoms with van der Waals surface area (Å²) in [6, 6.07) is 7.58. The second-order valence-electron chi connectivity index (χ2n) is 6.52. The van der Waals surface area contributed by atoms with Crippen molar-refractivity contribution in [3.63, 3.8) is 0 Å². The Hall–Kier alpha value is -2.61. The van der Waals surface area contributed by atoms with Crippen molar-refractivity contribution in [3.05, 3.63) is 54.4 Å². The van der Waals surface area contributed by atoms with E-state index in [4.69, 9.17) is 10.1 Å². The first-order chi connectivity index (χ1) is 12.5. The normalized spacial score (nSPS) is 17.3. The lowest BCUT2D eigenvalue weighted by Gasteiger charge is -2.21. The monoisotopic (exact) mass is 369 g/mol. The fourth-order valence-electron chi connectivity index (χ4n) is 3.21. The number of nitrogens with zero attached hydrogens (tertiary/aromatic N) is 5. The van der Waals surface area contributed by atoms with Crippen LogP contribution in [0.1, 0.15) is 30.3 Å². The Labute approximate surface area is 152 Å². The molecule has 0 spiro atoms. The van der Waals surface area contributed by atoms with Gasteiger partial charge >= 0.3 is 0 Å². The van der Waals surface area contributed by atoms with E-state index >= 15 is 0 Å². The third-order valence-electron chi connectivity index (χ3n) is 4.62. The number of pyridine rings is 2. The highest BCUT2D eigenvalue weighted by Gasteiger charge is 2.29. The van der Waals surface area contributed by atoms with Crippen molar-refractivity contribution in [2.75, 3.05) is 11.5 Å². The lowest BCUT2D eigenvalue weighted by molar-refractivity contribution is 0.529. The van der Waals surface area contributed by atoms with E-state index in [0.717, 1.165) is 22.8 Å². The van der Waals surface area contributed by atoms with Gasteiger partial charge in [-0.1, -0.05) is 0 Å². The van der Waals surface area contributed by atoms with E-state index in [2.05, 4.69) is 9.97 Å². The molecular weight excluding hydrogens is 350 g/mol. The predicted octanol–water partition coefficient (Wildman–Crippen LogP) is 2.32. The largest absolute Gasteiger partial charge is 0.265 e. The van der Waals surface area contributed by atoms with Gasteiger partial charge in [-0.2, -0.15) is 0 Å². The minimum Gasteiger partial charge on any atom is -0.265 e. The van der Waals surface area contributed by atoms with E-state index in [1.807, 2.05) is 35.9 Å². The first-order valence-electron chi connectivity index (χ1n) is 8.53. The van der Waals surface area contributed by atoms with E-state index < -0.39 is 9.84 Å². The number of aromatic nitrogens is 5. The van der Waals surface area contributed by atoms with E-state index in [1.54, 1.807) is 18.6 Å². The average Bonchev–Trinajstić information content (AvgIpc) is 3.08. The lowest BCUT2D eigenvalue weighted by atomic mass is 10.0. The molecule has 0 aliphatic carbocycles. The molecule has 4 rings (SSSR count). The van der Waals surface area contributed by atoms with E-state index in [0.29, 0.717) is 18.7 Å². The van der Waals surface area contributed by atoms with Gasteiger partial charge in [-0.05, 0) is 44.0 Å². The van der Waals surface area contributed by atoms with Gasteiger partial charge in [-0.15, -0.1) is 5.10 Å². The molecule has 1 saturated heterocycles. The number of sulfone groups is 1. The summed E-state index contributed by atoms with van der Waals surface area (Å²) in [6.45, 7) is 1.93. The fourth-order valence-corrected chi connectivity index (χ4v) is 4.70. The molecule has 0 bridgehead atoms. The van der Waals surface area contributed by atoms with Crippen molar-refractivity contribution in [2.24, 2.45) is 0 Å². The zero-order valence-corrected chi connectivity index (χ0v) is 15.2. The van der Waals surface area contributed by atoms with Crippen LogP contribution in [0.25, 0.3) is 17.1 Å². The quantitative estimate of drug-likeness (QED) is 0.704. The lowest BCUT2D eigenvalue weighted by Crippen LogP contribution is -2.24. The van der Waals surface area contributed by atoms with Crippen LogP contribution in [-0.2, 0) is 9.84 Å². The molecule has 3 aromatic heterocycles.